The van der Waals surface area contributed by atoms with Crippen molar-refractivity contribution in [3.63, 3.8) is 0 Å². The van der Waals surface area contributed by atoms with E-state index in [2.05, 4.69) is 6.92 Å². The smallest absolute Gasteiger partial charge is 0.148 e. The molecule has 47 valence electrons. The summed E-state index contributed by atoms with van der Waals surface area (Å²) in [4.78, 5) is 0. The third-order valence-electron chi connectivity index (χ3n) is 1.16. The summed E-state index contributed by atoms with van der Waals surface area (Å²) >= 11 is 0. The van der Waals surface area contributed by atoms with Gasteiger partial charge in [-0.05, 0) is 25.3 Å². The Morgan fingerprint density at radius 1 is 1.75 bits per heavy atom. The van der Waals surface area contributed by atoms with Gasteiger partial charge in [-0.1, -0.05) is 13.8 Å². The molecule has 0 aliphatic heterocycles. The lowest BCUT2D eigenvalue weighted by Crippen LogP contribution is -1.85. The Labute approximate surface area is 51.0 Å². The van der Waals surface area contributed by atoms with Crippen LogP contribution in [0.1, 0.15) is 27.2 Å². The number of rotatable bonds is 2. The zero-order chi connectivity index (χ0) is 6.57. The molecule has 0 rings (SSSR count). The van der Waals surface area contributed by atoms with E-state index in [0.29, 0.717) is 5.92 Å². The summed E-state index contributed by atoms with van der Waals surface area (Å²) in [5.41, 5.74) is 0. The molecule has 1 heteroatoms. The Morgan fingerprint density at radius 2 is 2.25 bits per heavy atom. The van der Waals surface area contributed by atoms with Crippen molar-refractivity contribution in [1.29, 1.82) is 0 Å². The van der Waals surface area contributed by atoms with Crippen LogP contribution >= 0.6 is 0 Å². The number of hydrogen-bond acceptors (Lipinski definition) is 0. The third kappa shape index (κ3) is 3.72. The van der Waals surface area contributed by atoms with Gasteiger partial charge < -0.3 is 0 Å². The van der Waals surface area contributed by atoms with Gasteiger partial charge in [0.1, 0.15) is 5.76 Å². The van der Waals surface area contributed by atoms with Gasteiger partial charge in [-0.3, -0.25) is 5.11 Å². The quantitative estimate of drug-likeness (QED) is 0.490. The molecule has 0 aromatic carbocycles. The van der Waals surface area contributed by atoms with E-state index >= 15 is 0 Å². The SMILES string of the molecule is CCC(C)/C=C(\C)[O]. The van der Waals surface area contributed by atoms with Crippen molar-refractivity contribution in [3.8, 4) is 0 Å². The van der Waals surface area contributed by atoms with Crippen molar-refractivity contribution in [3.05, 3.63) is 11.8 Å². The molecule has 0 aliphatic carbocycles. The molecule has 0 N–H and O–H groups in total. The topological polar surface area (TPSA) is 19.9 Å². The minimum Gasteiger partial charge on any atom is -0.296 e. The molecule has 0 bridgehead atoms. The zero-order valence-corrected chi connectivity index (χ0v) is 5.77. The van der Waals surface area contributed by atoms with Gasteiger partial charge in [-0.2, -0.15) is 0 Å². The maximum absolute atomic E-state index is 10.4. The molecule has 0 heterocycles. The van der Waals surface area contributed by atoms with Crippen LogP contribution in [0.5, 0.6) is 0 Å². The number of hydrogen-bond donors (Lipinski definition) is 0. The first-order valence-corrected chi connectivity index (χ1v) is 3.02. The first kappa shape index (κ1) is 7.54. The van der Waals surface area contributed by atoms with Crippen molar-refractivity contribution >= 4 is 0 Å². The lowest BCUT2D eigenvalue weighted by Gasteiger charge is -1.96. The minimum atomic E-state index is 0.180. The summed E-state index contributed by atoms with van der Waals surface area (Å²) in [6, 6.07) is 0. The van der Waals surface area contributed by atoms with Crippen molar-refractivity contribution < 1.29 is 5.11 Å². The molecule has 0 saturated heterocycles. The first-order chi connectivity index (χ1) is 3.66. The normalized spacial score (nSPS) is 16.1. The van der Waals surface area contributed by atoms with Gasteiger partial charge in [0.05, 0.1) is 0 Å². The molecule has 8 heavy (non-hydrogen) atoms. The van der Waals surface area contributed by atoms with Crippen LogP contribution in [0, 0.1) is 5.92 Å². The van der Waals surface area contributed by atoms with Crippen molar-refractivity contribution in [2.24, 2.45) is 5.92 Å². The molecule has 0 aromatic rings. The average Bonchev–Trinajstić information content (AvgIpc) is 1.65. The Bertz CT molecular complexity index is 80.4. The molecule has 0 aromatic heterocycles. The van der Waals surface area contributed by atoms with E-state index < -0.39 is 0 Å². The molecule has 0 amide bonds. The van der Waals surface area contributed by atoms with Gasteiger partial charge in [0.15, 0.2) is 0 Å². The maximum Gasteiger partial charge on any atom is 0.148 e. The van der Waals surface area contributed by atoms with E-state index in [4.69, 9.17) is 0 Å². The van der Waals surface area contributed by atoms with E-state index in [9.17, 15) is 5.11 Å². The molecule has 1 unspecified atom stereocenters. The lowest BCUT2D eigenvalue weighted by atomic mass is 10.1. The molecule has 0 spiro atoms. The Balaban J connectivity index is 3.51. The standard InChI is InChI=1S/C7H13O/c1-4-6(2)5-7(3)8/h5-6H,4H2,1-3H3/b7-5+. The van der Waals surface area contributed by atoms with Crippen LogP contribution in [0.3, 0.4) is 0 Å². The molecule has 0 aliphatic rings. The second-order valence-electron chi connectivity index (χ2n) is 2.16. The highest BCUT2D eigenvalue weighted by Gasteiger charge is 1.92. The van der Waals surface area contributed by atoms with Crippen LogP contribution in [0.15, 0.2) is 11.8 Å². The van der Waals surface area contributed by atoms with Crippen LogP contribution in [-0.2, 0) is 5.11 Å². The second-order valence-corrected chi connectivity index (χ2v) is 2.16. The molecule has 1 radical (unpaired) electrons. The largest absolute Gasteiger partial charge is 0.296 e. The van der Waals surface area contributed by atoms with Crippen LogP contribution < -0.4 is 0 Å². The summed E-state index contributed by atoms with van der Waals surface area (Å²) in [6.45, 7) is 5.71. The zero-order valence-electron chi connectivity index (χ0n) is 5.77. The van der Waals surface area contributed by atoms with Gasteiger partial charge in [0, 0.05) is 0 Å². The predicted octanol–water partition coefficient (Wildman–Crippen LogP) is 2.37. The van der Waals surface area contributed by atoms with Crippen LogP contribution in [0.25, 0.3) is 0 Å². The Kier molecular flexibility index (Phi) is 3.33. The molecule has 0 fully saturated rings. The average molecular weight is 113 g/mol. The summed E-state index contributed by atoms with van der Waals surface area (Å²) in [6.07, 6.45) is 2.81. The Hall–Kier alpha value is -0.460. The van der Waals surface area contributed by atoms with Crippen LogP contribution in [0.4, 0.5) is 0 Å². The predicted molar refractivity (Wildman–Crippen MR) is 33.9 cm³/mol. The summed E-state index contributed by atoms with van der Waals surface area (Å²) in [5, 5.41) is 10.4. The van der Waals surface area contributed by atoms with Gasteiger partial charge in [0.2, 0.25) is 0 Å². The fourth-order valence-corrected chi connectivity index (χ4v) is 0.519. The highest BCUT2D eigenvalue weighted by molar-refractivity contribution is 4.88. The van der Waals surface area contributed by atoms with Gasteiger partial charge in [-0.25, -0.2) is 0 Å². The fraction of sp³-hybridized carbons (Fsp3) is 0.714. The third-order valence-corrected chi connectivity index (χ3v) is 1.16. The maximum atomic E-state index is 10.4. The first-order valence-electron chi connectivity index (χ1n) is 3.02. The highest BCUT2D eigenvalue weighted by atomic mass is 16.3. The molecule has 1 nitrogen and oxygen atoms in total. The van der Waals surface area contributed by atoms with Gasteiger partial charge >= 0.3 is 0 Å². The van der Waals surface area contributed by atoms with E-state index in [1.165, 1.54) is 0 Å². The second kappa shape index (κ2) is 3.53. The van der Waals surface area contributed by atoms with Crippen molar-refractivity contribution in [1.82, 2.24) is 0 Å². The van der Waals surface area contributed by atoms with Crippen molar-refractivity contribution in [2.75, 3.05) is 0 Å². The number of allylic oxidation sites excluding steroid dienone is 2. The Morgan fingerprint density at radius 3 is 2.38 bits per heavy atom. The molecular weight excluding hydrogens is 100 g/mol. The monoisotopic (exact) mass is 113 g/mol. The summed E-state index contributed by atoms with van der Waals surface area (Å²) < 4.78 is 0. The fourth-order valence-electron chi connectivity index (χ4n) is 0.519. The molecular formula is C7H13O. The van der Waals surface area contributed by atoms with E-state index in [-0.39, 0.29) is 5.76 Å². The minimum absolute atomic E-state index is 0.180. The summed E-state index contributed by atoms with van der Waals surface area (Å²) in [7, 11) is 0. The van der Waals surface area contributed by atoms with Crippen molar-refractivity contribution in [2.45, 2.75) is 27.2 Å². The summed E-state index contributed by atoms with van der Waals surface area (Å²) in [5.74, 6) is 0.631. The van der Waals surface area contributed by atoms with Gasteiger partial charge in [-0.15, -0.1) is 0 Å². The van der Waals surface area contributed by atoms with Gasteiger partial charge in [0.25, 0.3) is 0 Å². The van der Waals surface area contributed by atoms with Crippen LogP contribution in [0.2, 0.25) is 0 Å². The van der Waals surface area contributed by atoms with E-state index in [1.54, 1.807) is 13.0 Å². The highest BCUT2D eigenvalue weighted by Crippen LogP contribution is 2.03. The van der Waals surface area contributed by atoms with Crippen LogP contribution in [-0.4, -0.2) is 0 Å². The molecule has 0 saturated carbocycles. The van der Waals surface area contributed by atoms with E-state index in [1.807, 2.05) is 6.92 Å². The molecule has 1 atom stereocenters. The van der Waals surface area contributed by atoms with E-state index in [0.717, 1.165) is 6.42 Å². The lowest BCUT2D eigenvalue weighted by molar-refractivity contribution is 0.295.